The van der Waals surface area contributed by atoms with E-state index in [2.05, 4.69) is 20.5 Å². The summed E-state index contributed by atoms with van der Waals surface area (Å²) in [7, 11) is 0. The summed E-state index contributed by atoms with van der Waals surface area (Å²) in [6.45, 7) is 5.70. The summed E-state index contributed by atoms with van der Waals surface area (Å²) in [5.74, 6) is -0.125. The molecule has 3 rings (SSSR count). The maximum absolute atomic E-state index is 12.6. The Morgan fingerprint density at radius 1 is 1.28 bits per heavy atom. The van der Waals surface area contributed by atoms with E-state index >= 15 is 0 Å². The van der Waals surface area contributed by atoms with Crippen LogP contribution in [-0.4, -0.2) is 38.1 Å². The molecule has 0 aliphatic carbocycles. The fraction of sp³-hybridized carbons (Fsp3) is 0.294. The van der Waals surface area contributed by atoms with Gasteiger partial charge in [0, 0.05) is 11.9 Å². The van der Waals surface area contributed by atoms with E-state index < -0.39 is 5.97 Å². The lowest BCUT2D eigenvalue weighted by Gasteiger charge is -2.05. The lowest BCUT2D eigenvalue weighted by atomic mass is 10.1. The smallest absolute Gasteiger partial charge is 0.355 e. The number of nitrogens with zero attached hydrogens (tertiary/aromatic N) is 3. The van der Waals surface area contributed by atoms with Gasteiger partial charge in [-0.25, -0.2) is 4.79 Å². The number of fused-ring (bicyclic) bond motifs is 1. The van der Waals surface area contributed by atoms with Crippen molar-refractivity contribution in [1.82, 2.24) is 24.9 Å². The van der Waals surface area contributed by atoms with E-state index in [-0.39, 0.29) is 19.1 Å². The van der Waals surface area contributed by atoms with E-state index in [4.69, 9.17) is 4.74 Å². The van der Waals surface area contributed by atoms with Crippen molar-refractivity contribution >= 4 is 17.5 Å². The van der Waals surface area contributed by atoms with Gasteiger partial charge in [-0.15, -0.1) is 10.2 Å². The number of rotatable bonds is 5. The van der Waals surface area contributed by atoms with E-state index in [1.165, 1.54) is 0 Å². The number of carbonyl (C=O) groups excluding carboxylic acids is 2. The molecule has 0 unspecified atom stereocenters. The third-order valence-electron chi connectivity index (χ3n) is 3.94. The number of pyridine rings is 1. The molecule has 0 atom stereocenters. The second kappa shape index (κ2) is 6.76. The molecule has 3 heterocycles. The van der Waals surface area contributed by atoms with E-state index in [1.807, 2.05) is 24.4 Å². The number of esters is 1. The number of hydrogen-bond donors (Lipinski definition) is 2. The number of amides is 1. The third-order valence-corrected chi connectivity index (χ3v) is 3.94. The van der Waals surface area contributed by atoms with E-state index in [0.717, 1.165) is 0 Å². The van der Waals surface area contributed by atoms with Gasteiger partial charge in [-0.1, -0.05) is 6.07 Å². The first-order chi connectivity index (χ1) is 12.0. The van der Waals surface area contributed by atoms with E-state index in [1.54, 1.807) is 25.2 Å². The number of nitrogens with one attached hydrogen (secondary N) is 2. The van der Waals surface area contributed by atoms with Crippen LogP contribution in [0.1, 0.15) is 44.9 Å². The van der Waals surface area contributed by atoms with E-state index in [0.29, 0.717) is 34.0 Å². The summed E-state index contributed by atoms with van der Waals surface area (Å²) in [6, 6.07) is 5.58. The standard InChI is InChI=1S/C17H19N5O3/c1-4-25-17(24)15-10(2)14(11(3)19-15)16(23)18-9-13-21-20-12-7-5-6-8-22(12)13/h5-8,19H,4,9H2,1-3H3,(H,18,23). The number of aromatic amines is 1. The topological polar surface area (TPSA) is 101 Å². The quantitative estimate of drug-likeness (QED) is 0.689. The molecule has 1 amide bonds. The maximum Gasteiger partial charge on any atom is 0.355 e. The maximum atomic E-state index is 12.6. The fourth-order valence-electron chi connectivity index (χ4n) is 2.76. The van der Waals surface area contributed by atoms with Crippen LogP contribution < -0.4 is 5.32 Å². The van der Waals surface area contributed by atoms with Crippen molar-refractivity contribution in [3.8, 4) is 0 Å². The first-order valence-corrected chi connectivity index (χ1v) is 7.96. The van der Waals surface area contributed by atoms with Gasteiger partial charge in [0.1, 0.15) is 5.69 Å². The second-order valence-corrected chi connectivity index (χ2v) is 5.57. The molecule has 130 valence electrons. The van der Waals surface area contributed by atoms with Crippen LogP contribution in [0.3, 0.4) is 0 Å². The Morgan fingerprint density at radius 3 is 2.84 bits per heavy atom. The molecule has 25 heavy (non-hydrogen) atoms. The number of hydrogen-bond acceptors (Lipinski definition) is 5. The molecule has 8 nitrogen and oxygen atoms in total. The first kappa shape index (κ1) is 16.7. The molecule has 3 aromatic rings. The molecule has 0 aliphatic heterocycles. The number of aromatic nitrogens is 4. The lowest BCUT2D eigenvalue weighted by molar-refractivity contribution is 0.0519. The molecule has 2 N–H and O–H groups in total. The Balaban J connectivity index is 1.78. The summed E-state index contributed by atoms with van der Waals surface area (Å²) in [5, 5.41) is 11.0. The molecule has 0 bridgehead atoms. The Labute approximate surface area is 144 Å². The number of H-pyrrole nitrogens is 1. The average Bonchev–Trinajstić information content (AvgIpc) is 3.14. The summed E-state index contributed by atoms with van der Waals surface area (Å²) in [6.07, 6.45) is 1.84. The Hall–Kier alpha value is -3.16. The van der Waals surface area contributed by atoms with Crippen molar-refractivity contribution in [3.63, 3.8) is 0 Å². The van der Waals surface area contributed by atoms with Gasteiger partial charge in [-0.2, -0.15) is 0 Å². The Bertz CT molecular complexity index is 941. The second-order valence-electron chi connectivity index (χ2n) is 5.57. The van der Waals surface area contributed by atoms with Gasteiger partial charge in [0.05, 0.1) is 18.7 Å². The van der Waals surface area contributed by atoms with Gasteiger partial charge in [0.15, 0.2) is 11.5 Å². The fourth-order valence-corrected chi connectivity index (χ4v) is 2.76. The molecular formula is C17H19N5O3. The van der Waals surface area contributed by atoms with Crippen LogP contribution in [0.2, 0.25) is 0 Å². The third kappa shape index (κ3) is 3.10. The predicted octanol–water partition coefficient (Wildman–Crippen LogP) is 1.78. The zero-order valence-corrected chi connectivity index (χ0v) is 14.3. The van der Waals surface area contributed by atoms with Gasteiger partial charge in [0.2, 0.25) is 0 Å². The molecule has 0 spiro atoms. The van der Waals surface area contributed by atoms with E-state index in [9.17, 15) is 9.59 Å². The van der Waals surface area contributed by atoms with Crippen molar-refractivity contribution in [2.75, 3.05) is 6.61 Å². The largest absolute Gasteiger partial charge is 0.461 e. The van der Waals surface area contributed by atoms with Crippen molar-refractivity contribution in [1.29, 1.82) is 0 Å². The SMILES string of the molecule is CCOC(=O)c1[nH]c(C)c(C(=O)NCc2nnc3ccccn23)c1C. The highest BCUT2D eigenvalue weighted by molar-refractivity contribution is 6.01. The van der Waals surface area contributed by atoms with Gasteiger partial charge in [0.25, 0.3) is 5.91 Å². The van der Waals surface area contributed by atoms with Crippen LogP contribution in [0.4, 0.5) is 0 Å². The lowest BCUT2D eigenvalue weighted by Crippen LogP contribution is -2.25. The zero-order valence-electron chi connectivity index (χ0n) is 14.3. The van der Waals surface area contributed by atoms with Gasteiger partial charge >= 0.3 is 5.97 Å². The summed E-state index contributed by atoms with van der Waals surface area (Å²) >= 11 is 0. The summed E-state index contributed by atoms with van der Waals surface area (Å²) in [5.41, 5.74) is 2.64. The van der Waals surface area contributed by atoms with Crippen molar-refractivity contribution in [2.45, 2.75) is 27.3 Å². The average molecular weight is 341 g/mol. The Morgan fingerprint density at radius 2 is 2.08 bits per heavy atom. The molecule has 0 saturated heterocycles. The highest BCUT2D eigenvalue weighted by Gasteiger charge is 2.22. The minimum atomic E-state index is -0.467. The van der Waals surface area contributed by atoms with Crippen LogP contribution >= 0.6 is 0 Å². The molecule has 8 heteroatoms. The van der Waals surface area contributed by atoms with Crippen LogP contribution in [0.5, 0.6) is 0 Å². The van der Waals surface area contributed by atoms with Gasteiger partial charge in [-0.05, 0) is 38.5 Å². The van der Waals surface area contributed by atoms with Crippen LogP contribution in [-0.2, 0) is 11.3 Å². The van der Waals surface area contributed by atoms with Crippen molar-refractivity contribution < 1.29 is 14.3 Å². The minimum absolute atomic E-state index is 0.225. The molecular weight excluding hydrogens is 322 g/mol. The summed E-state index contributed by atoms with van der Waals surface area (Å²) < 4.78 is 6.81. The minimum Gasteiger partial charge on any atom is -0.461 e. The van der Waals surface area contributed by atoms with Crippen LogP contribution in [0, 0.1) is 13.8 Å². The monoisotopic (exact) mass is 341 g/mol. The summed E-state index contributed by atoms with van der Waals surface area (Å²) in [4.78, 5) is 27.4. The number of carbonyl (C=O) groups is 2. The Kier molecular flexibility index (Phi) is 4.51. The number of aryl methyl sites for hydroxylation is 1. The predicted molar refractivity (Wildman–Crippen MR) is 90.4 cm³/mol. The molecule has 0 aromatic carbocycles. The van der Waals surface area contributed by atoms with Crippen LogP contribution in [0.15, 0.2) is 24.4 Å². The normalized spacial score (nSPS) is 10.8. The van der Waals surface area contributed by atoms with Crippen molar-refractivity contribution in [3.05, 3.63) is 52.7 Å². The van der Waals surface area contributed by atoms with Gasteiger partial charge < -0.3 is 15.0 Å². The molecule has 0 fully saturated rings. The van der Waals surface area contributed by atoms with Crippen LogP contribution in [0.25, 0.3) is 5.65 Å². The molecule has 3 aromatic heterocycles. The number of ether oxygens (including phenoxy) is 1. The molecule has 0 radical (unpaired) electrons. The van der Waals surface area contributed by atoms with Gasteiger partial charge in [-0.3, -0.25) is 9.20 Å². The highest BCUT2D eigenvalue weighted by Crippen LogP contribution is 2.19. The molecule has 0 saturated carbocycles. The molecule has 0 aliphatic rings. The zero-order chi connectivity index (χ0) is 18.0. The van der Waals surface area contributed by atoms with Crippen molar-refractivity contribution in [2.24, 2.45) is 0 Å². The first-order valence-electron chi connectivity index (χ1n) is 7.96. The highest BCUT2D eigenvalue weighted by atomic mass is 16.5.